The number of fused-ring (bicyclic) bond motifs is 2. The summed E-state index contributed by atoms with van der Waals surface area (Å²) in [6, 6.07) is 13.4. The lowest BCUT2D eigenvalue weighted by molar-refractivity contribution is -0.132. The summed E-state index contributed by atoms with van der Waals surface area (Å²) in [5.41, 5.74) is 4.60. The van der Waals surface area contributed by atoms with Gasteiger partial charge >= 0.3 is 0 Å². The number of methoxy groups -OCH3 is 1. The topological polar surface area (TPSA) is 84.9 Å². The predicted molar refractivity (Wildman–Crippen MR) is 117 cm³/mol. The molecular weight excluding hydrogens is 408 g/mol. The van der Waals surface area contributed by atoms with Crippen LogP contribution in [0.1, 0.15) is 16.8 Å². The molecule has 0 atom stereocenters. The van der Waals surface area contributed by atoms with Crippen molar-refractivity contribution in [1.82, 2.24) is 14.9 Å². The zero-order valence-electron chi connectivity index (χ0n) is 17.9. The molecule has 0 radical (unpaired) electrons. The van der Waals surface area contributed by atoms with Gasteiger partial charge in [0.25, 0.3) is 5.91 Å². The van der Waals surface area contributed by atoms with E-state index >= 15 is 0 Å². The van der Waals surface area contributed by atoms with Gasteiger partial charge in [-0.2, -0.15) is 0 Å². The molecule has 2 aliphatic heterocycles. The fraction of sp³-hybridized carbons (Fsp3) is 0.250. The summed E-state index contributed by atoms with van der Waals surface area (Å²) in [6.45, 7) is 2.70. The quantitative estimate of drug-likeness (QED) is 0.633. The smallest absolute Gasteiger partial charge is 0.266 e. The van der Waals surface area contributed by atoms with Crippen LogP contribution in [0.3, 0.4) is 0 Å². The van der Waals surface area contributed by atoms with Crippen molar-refractivity contribution >= 4 is 17.6 Å². The molecule has 2 amide bonds. The first-order chi connectivity index (χ1) is 15.5. The summed E-state index contributed by atoms with van der Waals surface area (Å²) in [6.07, 6.45) is 1.65. The van der Waals surface area contributed by atoms with E-state index in [4.69, 9.17) is 9.47 Å². The Bertz CT molecular complexity index is 1230. The summed E-state index contributed by atoms with van der Waals surface area (Å²) >= 11 is 0. The molecule has 5 rings (SSSR count). The Morgan fingerprint density at radius 2 is 2.00 bits per heavy atom. The van der Waals surface area contributed by atoms with Crippen LogP contribution in [0.25, 0.3) is 11.3 Å². The maximum atomic E-state index is 13.0. The first-order valence-corrected chi connectivity index (χ1v) is 10.3. The minimum atomic E-state index is -0.293. The minimum absolute atomic E-state index is 0.0879. The normalized spacial score (nSPS) is 14.6. The van der Waals surface area contributed by atoms with Gasteiger partial charge in [0.05, 0.1) is 12.8 Å². The molecule has 0 aliphatic carbocycles. The number of benzene rings is 1. The average molecular weight is 430 g/mol. The number of carbonyl (C=O) groups is 2. The molecule has 0 spiro atoms. The number of nitrogens with zero attached hydrogens (tertiary/aromatic N) is 4. The van der Waals surface area contributed by atoms with Gasteiger partial charge in [-0.15, -0.1) is 0 Å². The maximum Gasteiger partial charge on any atom is 0.266 e. The average Bonchev–Trinajstić information content (AvgIpc) is 3.24. The van der Waals surface area contributed by atoms with E-state index in [0.29, 0.717) is 24.7 Å². The maximum absolute atomic E-state index is 13.0. The third-order valence-corrected chi connectivity index (χ3v) is 5.71. The number of rotatable bonds is 4. The van der Waals surface area contributed by atoms with E-state index in [1.54, 1.807) is 18.2 Å². The predicted octanol–water partition coefficient (Wildman–Crippen LogP) is 2.73. The number of pyridine rings is 2. The van der Waals surface area contributed by atoms with Crippen molar-refractivity contribution in [1.29, 1.82) is 0 Å². The van der Waals surface area contributed by atoms with Gasteiger partial charge in [-0.3, -0.25) is 19.5 Å². The third kappa shape index (κ3) is 3.64. The lowest BCUT2D eigenvalue weighted by Gasteiger charge is -2.29. The highest BCUT2D eigenvalue weighted by atomic mass is 16.5. The van der Waals surface area contributed by atoms with Gasteiger partial charge in [0.15, 0.2) is 18.2 Å². The molecule has 8 nitrogen and oxygen atoms in total. The lowest BCUT2D eigenvalue weighted by Crippen LogP contribution is -2.45. The summed E-state index contributed by atoms with van der Waals surface area (Å²) in [7, 11) is 1.62. The first kappa shape index (κ1) is 20.0. The van der Waals surface area contributed by atoms with Crippen molar-refractivity contribution in [2.75, 3.05) is 25.2 Å². The zero-order chi connectivity index (χ0) is 22.2. The van der Waals surface area contributed by atoms with Crippen molar-refractivity contribution in [3.8, 4) is 22.8 Å². The third-order valence-electron chi connectivity index (χ3n) is 5.71. The Kier molecular flexibility index (Phi) is 4.97. The first-order valence-electron chi connectivity index (χ1n) is 10.3. The Balaban J connectivity index is 1.36. The van der Waals surface area contributed by atoms with E-state index in [9.17, 15) is 9.59 Å². The Labute approximate surface area is 185 Å². The summed E-state index contributed by atoms with van der Waals surface area (Å²) in [4.78, 5) is 37.7. The Morgan fingerprint density at radius 3 is 2.81 bits per heavy atom. The highest BCUT2D eigenvalue weighted by Crippen LogP contribution is 2.34. The second-order valence-electron chi connectivity index (χ2n) is 7.86. The van der Waals surface area contributed by atoms with Crippen molar-refractivity contribution in [2.24, 2.45) is 0 Å². The molecule has 162 valence electrons. The summed E-state index contributed by atoms with van der Waals surface area (Å²) < 4.78 is 10.9. The molecule has 1 aromatic carbocycles. The number of ether oxygens (including phenoxy) is 2. The van der Waals surface area contributed by atoms with Gasteiger partial charge in [-0.1, -0.05) is 12.1 Å². The molecule has 0 N–H and O–H groups in total. The number of aromatic nitrogens is 2. The largest absolute Gasteiger partial charge is 0.497 e. The van der Waals surface area contributed by atoms with Gasteiger partial charge in [0.2, 0.25) is 5.91 Å². The zero-order valence-corrected chi connectivity index (χ0v) is 17.9. The number of hydrogen-bond acceptors (Lipinski definition) is 6. The molecule has 0 bridgehead atoms. The van der Waals surface area contributed by atoms with E-state index in [2.05, 4.69) is 9.97 Å². The molecule has 0 unspecified atom stereocenters. The standard InChI is InChI=1S/C24H22N4O4/c1-15-4-3-5-20(26-15)17-9-21-24(25-10-17)28(23(30)14-32-21)13-22(29)27-11-16-6-7-19(31-2)8-18(16)12-27/h3-10H,11-14H2,1-2H3. The molecule has 2 aliphatic rings. The number of amides is 2. The second-order valence-corrected chi connectivity index (χ2v) is 7.86. The van der Waals surface area contributed by atoms with Crippen molar-refractivity contribution < 1.29 is 19.1 Å². The summed E-state index contributed by atoms with van der Waals surface area (Å²) in [5, 5.41) is 0. The fourth-order valence-electron chi connectivity index (χ4n) is 4.00. The van der Waals surface area contributed by atoms with Gasteiger partial charge < -0.3 is 14.4 Å². The van der Waals surface area contributed by atoms with Crippen LogP contribution in [0.5, 0.6) is 11.5 Å². The number of anilines is 1. The number of aryl methyl sites for hydroxylation is 1. The molecular formula is C24H22N4O4. The van der Waals surface area contributed by atoms with E-state index in [1.807, 2.05) is 49.4 Å². The Hall–Kier alpha value is -3.94. The van der Waals surface area contributed by atoms with Crippen LogP contribution in [0, 0.1) is 6.92 Å². The lowest BCUT2D eigenvalue weighted by atomic mass is 10.1. The van der Waals surface area contributed by atoms with Gasteiger partial charge in [-0.25, -0.2) is 4.98 Å². The van der Waals surface area contributed by atoms with E-state index in [1.165, 1.54) is 4.90 Å². The monoisotopic (exact) mass is 430 g/mol. The van der Waals surface area contributed by atoms with Crippen molar-refractivity contribution in [3.05, 3.63) is 65.5 Å². The van der Waals surface area contributed by atoms with Crippen LogP contribution in [0.2, 0.25) is 0 Å². The van der Waals surface area contributed by atoms with E-state index < -0.39 is 0 Å². The van der Waals surface area contributed by atoms with Crippen LogP contribution < -0.4 is 14.4 Å². The Morgan fingerprint density at radius 1 is 1.16 bits per heavy atom. The van der Waals surface area contributed by atoms with Crippen LogP contribution in [0.15, 0.2) is 48.7 Å². The SMILES string of the molecule is COc1ccc2c(c1)CN(C(=O)CN1C(=O)COc3cc(-c4cccc(C)n4)cnc31)C2. The van der Waals surface area contributed by atoms with Crippen molar-refractivity contribution in [3.63, 3.8) is 0 Å². The molecule has 0 fully saturated rings. The minimum Gasteiger partial charge on any atom is -0.497 e. The van der Waals surface area contributed by atoms with E-state index in [0.717, 1.165) is 33.8 Å². The van der Waals surface area contributed by atoms with Crippen molar-refractivity contribution in [2.45, 2.75) is 20.0 Å². The van der Waals surface area contributed by atoms with Crippen LogP contribution in [-0.2, 0) is 22.7 Å². The molecule has 0 saturated carbocycles. The molecule has 0 saturated heterocycles. The molecule has 3 aromatic rings. The number of hydrogen-bond donors (Lipinski definition) is 0. The molecule has 32 heavy (non-hydrogen) atoms. The molecule has 2 aromatic heterocycles. The van der Waals surface area contributed by atoms with Gasteiger partial charge in [-0.05, 0) is 48.4 Å². The van der Waals surface area contributed by atoms with E-state index in [-0.39, 0.29) is 25.0 Å². The second kappa shape index (κ2) is 7.96. The van der Waals surface area contributed by atoms with Crippen LogP contribution >= 0.6 is 0 Å². The van der Waals surface area contributed by atoms with Crippen LogP contribution in [0.4, 0.5) is 5.82 Å². The summed E-state index contributed by atoms with van der Waals surface area (Å²) in [5.74, 6) is 1.14. The van der Waals surface area contributed by atoms with Gasteiger partial charge in [0, 0.05) is 30.5 Å². The highest BCUT2D eigenvalue weighted by Gasteiger charge is 2.32. The van der Waals surface area contributed by atoms with Gasteiger partial charge in [0.1, 0.15) is 12.3 Å². The molecule has 8 heteroatoms. The van der Waals surface area contributed by atoms with Crippen LogP contribution in [-0.4, -0.2) is 46.9 Å². The molecule has 4 heterocycles. The highest BCUT2D eigenvalue weighted by molar-refractivity contribution is 6.01. The number of carbonyl (C=O) groups excluding carboxylic acids is 2. The fourth-order valence-corrected chi connectivity index (χ4v) is 4.00.